The first-order valence-corrected chi connectivity index (χ1v) is 7.37. The van der Waals surface area contributed by atoms with Gasteiger partial charge < -0.3 is 9.13 Å². The Morgan fingerprint density at radius 2 is 1.85 bits per heavy atom. The molecule has 108 valence electrons. The number of rotatable bonds is 5. The van der Waals surface area contributed by atoms with Gasteiger partial charge in [-0.25, -0.2) is 0 Å². The van der Waals surface area contributed by atoms with Gasteiger partial charge in [0.25, 0.3) is 5.56 Å². The molecule has 2 heterocycles. The molecular weight excluding hydrogens is 272 g/mol. The number of aryl methyl sites for hydroxylation is 1. The van der Waals surface area contributed by atoms with Gasteiger partial charge in [-0.05, 0) is 44.1 Å². The Balaban J connectivity index is 2.62. The molecule has 0 fully saturated rings. The van der Waals surface area contributed by atoms with E-state index in [0.717, 1.165) is 31.6 Å². The second-order valence-corrected chi connectivity index (χ2v) is 5.24. The molecule has 20 heavy (non-hydrogen) atoms. The van der Waals surface area contributed by atoms with Gasteiger partial charge in [-0.1, -0.05) is 13.8 Å². The minimum atomic E-state index is -0.00166. The van der Waals surface area contributed by atoms with Gasteiger partial charge >= 0.3 is 0 Å². The van der Waals surface area contributed by atoms with E-state index in [0.29, 0.717) is 16.2 Å². The van der Waals surface area contributed by atoms with Gasteiger partial charge in [-0.2, -0.15) is 5.10 Å². The van der Waals surface area contributed by atoms with Gasteiger partial charge in [0.15, 0.2) is 10.6 Å². The summed E-state index contributed by atoms with van der Waals surface area (Å²) >= 11 is 5.23. The molecule has 0 spiro atoms. The lowest BCUT2D eigenvalue weighted by Crippen LogP contribution is -2.24. The van der Waals surface area contributed by atoms with E-state index < -0.39 is 0 Å². The average Bonchev–Trinajstić information content (AvgIpc) is 2.77. The summed E-state index contributed by atoms with van der Waals surface area (Å²) in [6.45, 7) is 7.56. The highest BCUT2D eigenvalue weighted by molar-refractivity contribution is 7.71. The van der Waals surface area contributed by atoms with E-state index in [1.807, 2.05) is 23.6 Å². The Morgan fingerprint density at radius 3 is 2.50 bits per heavy atom. The highest BCUT2D eigenvalue weighted by Crippen LogP contribution is 2.14. The first-order chi connectivity index (χ1) is 9.60. The zero-order chi connectivity index (χ0) is 14.7. The molecule has 1 N–H and O–H groups in total. The van der Waals surface area contributed by atoms with Crippen molar-refractivity contribution in [3.05, 3.63) is 33.0 Å². The molecule has 0 atom stereocenters. The molecule has 0 aromatic carbocycles. The fraction of sp³-hybridized carbons (Fsp3) is 0.500. The van der Waals surface area contributed by atoms with Crippen LogP contribution in [0.2, 0.25) is 0 Å². The number of H-pyrrole nitrogens is 1. The molecule has 0 amide bonds. The molecule has 2 aromatic heterocycles. The van der Waals surface area contributed by atoms with Gasteiger partial charge in [0, 0.05) is 18.8 Å². The normalized spacial score (nSPS) is 10.9. The van der Waals surface area contributed by atoms with Crippen molar-refractivity contribution in [1.29, 1.82) is 0 Å². The molecule has 0 unspecified atom stereocenters. The quantitative estimate of drug-likeness (QED) is 0.862. The van der Waals surface area contributed by atoms with E-state index >= 15 is 0 Å². The number of pyridine rings is 1. The Labute approximate surface area is 123 Å². The van der Waals surface area contributed by atoms with E-state index in [-0.39, 0.29) is 5.56 Å². The number of aromatic nitrogens is 4. The minimum absolute atomic E-state index is 0.00166. The molecule has 0 saturated carbocycles. The summed E-state index contributed by atoms with van der Waals surface area (Å²) in [5.41, 5.74) is 1.57. The van der Waals surface area contributed by atoms with Gasteiger partial charge in [-0.3, -0.25) is 9.89 Å². The van der Waals surface area contributed by atoms with E-state index in [9.17, 15) is 4.79 Å². The number of nitrogens with zero attached hydrogens (tertiary/aromatic N) is 3. The van der Waals surface area contributed by atoms with Crippen molar-refractivity contribution in [2.24, 2.45) is 0 Å². The van der Waals surface area contributed by atoms with Crippen molar-refractivity contribution in [2.45, 2.75) is 46.7 Å². The molecule has 0 saturated heterocycles. The zero-order valence-electron chi connectivity index (χ0n) is 12.1. The lowest BCUT2D eigenvalue weighted by molar-refractivity contribution is 0.633. The smallest absolute Gasteiger partial charge is 0.261 e. The van der Waals surface area contributed by atoms with Gasteiger partial charge in [0.2, 0.25) is 0 Å². The topological polar surface area (TPSA) is 55.6 Å². The monoisotopic (exact) mass is 292 g/mol. The Morgan fingerprint density at radius 1 is 1.20 bits per heavy atom. The Bertz CT molecular complexity index is 711. The van der Waals surface area contributed by atoms with Gasteiger partial charge in [0.1, 0.15) is 0 Å². The van der Waals surface area contributed by atoms with Crippen LogP contribution in [0.15, 0.2) is 16.9 Å². The molecule has 0 aliphatic carbocycles. The second kappa shape index (κ2) is 6.17. The Hall–Kier alpha value is -1.69. The first kappa shape index (κ1) is 14.7. The maximum Gasteiger partial charge on any atom is 0.261 e. The van der Waals surface area contributed by atoms with Crippen LogP contribution in [0.3, 0.4) is 0 Å². The lowest BCUT2D eigenvalue weighted by Gasteiger charge is -2.11. The largest absolute Gasteiger partial charge is 0.312 e. The molecule has 0 radical (unpaired) electrons. The molecule has 2 rings (SSSR count). The van der Waals surface area contributed by atoms with Crippen molar-refractivity contribution in [1.82, 2.24) is 19.3 Å². The van der Waals surface area contributed by atoms with Crippen molar-refractivity contribution >= 4 is 12.2 Å². The highest BCUT2D eigenvalue weighted by Gasteiger charge is 2.14. The lowest BCUT2D eigenvalue weighted by atomic mass is 10.2. The summed E-state index contributed by atoms with van der Waals surface area (Å²) in [6.07, 6.45) is 1.86. The predicted molar refractivity (Wildman–Crippen MR) is 82.4 cm³/mol. The van der Waals surface area contributed by atoms with Crippen molar-refractivity contribution in [3.63, 3.8) is 0 Å². The first-order valence-electron chi connectivity index (χ1n) is 6.96. The van der Waals surface area contributed by atoms with Crippen LogP contribution in [0, 0.1) is 11.7 Å². The third-order valence-electron chi connectivity index (χ3n) is 3.29. The van der Waals surface area contributed by atoms with Crippen LogP contribution in [0.4, 0.5) is 0 Å². The van der Waals surface area contributed by atoms with Crippen LogP contribution in [-0.2, 0) is 13.1 Å². The fourth-order valence-electron chi connectivity index (χ4n) is 2.30. The third-order valence-corrected chi connectivity index (χ3v) is 3.60. The number of nitrogens with one attached hydrogen (secondary N) is 1. The second-order valence-electron chi connectivity index (χ2n) is 4.85. The molecule has 0 bridgehead atoms. The molecule has 5 nitrogen and oxygen atoms in total. The minimum Gasteiger partial charge on any atom is -0.312 e. The van der Waals surface area contributed by atoms with E-state index in [1.165, 1.54) is 0 Å². The number of aromatic amines is 1. The van der Waals surface area contributed by atoms with Gasteiger partial charge in [-0.15, -0.1) is 0 Å². The number of hydrogen-bond donors (Lipinski definition) is 1. The van der Waals surface area contributed by atoms with Crippen molar-refractivity contribution in [2.75, 3.05) is 0 Å². The summed E-state index contributed by atoms with van der Waals surface area (Å²) in [7, 11) is 0. The molecular formula is C14H20N4OS. The van der Waals surface area contributed by atoms with E-state index in [1.54, 1.807) is 4.57 Å². The Kier molecular flexibility index (Phi) is 4.54. The SMILES string of the molecule is CCCn1c(-c2ccc(C)n(CCC)c2=O)n[nH]c1=S. The maximum atomic E-state index is 12.6. The standard InChI is InChI=1S/C14H20N4OS/c1-4-8-17-10(3)6-7-11(13(17)19)12-15-16-14(20)18(12)9-5-2/h6-7H,4-5,8-9H2,1-3H3,(H,16,20). The zero-order valence-corrected chi connectivity index (χ0v) is 13.0. The summed E-state index contributed by atoms with van der Waals surface area (Å²) in [4.78, 5) is 12.6. The summed E-state index contributed by atoms with van der Waals surface area (Å²) in [6, 6.07) is 3.79. The molecule has 0 aliphatic rings. The molecule has 2 aromatic rings. The van der Waals surface area contributed by atoms with Crippen LogP contribution < -0.4 is 5.56 Å². The van der Waals surface area contributed by atoms with E-state index in [4.69, 9.17) is 12.2 Å². The van der Waals surface area contributed by atoms with Gasteiger partial charge in [0.05, 0.1) is 5.56 Å². The molecule has 0 aliphatic heterocycles. The van der Waals surface area contributed by atoms with Crippen LogP contribution in [-0.4, -0.2) is 19.3 Å². The number of hydrogen-bond acceptors (Lipinski definition) is 3. The third kappa shape index (κ3) is 2.60. The fourth-order valence-corrected chi connectivity index (χ4v) is 2.52. The highest BCUT2D eigenvalue weighted by atomic mass is 32.1. The van der Waals surface area contributed by atoms with E-state index in [2.05, 4.69) is 24.0 Å². The van der Waals surface area contributed by atoms with Crippen LogP contribution in [0.1, 0.15) is 32.4 Å². The van der Waals surface area contributed by atoms with Crippen LogP contribution in [0.25, 0.3) is 11.4 Å². The van der Waals surface area contributed by atoms with Crippen LogP contribution in [0.5, 0.6) is 0 Å². The van der Waals surface area contributed by atoms with Crippen molar-refractivity contribution in [3.8, 4) is 11.4 Å². The van der Waals surface area contributed by atoms with Crippen LogP contribution >= 0.6 is 12.2 Å². The maximum absolute atomic E-state index is 12.6. The summed E-state index contributed by atoms with van der Waals surface area (Å²) in [5, 5.41) is 7.01. The molecule has 6 heteroatoms. The van der Waals surface area contributed by atoms with Crippen molar-refractivity contribution < 1.29 is 0 Å². The predicted octanol–water partition coefficient (Wildman–Crippen LogP) is 2.90. The summed E-state index contributed by atoms with van der Waals surface area (Å²) < 4.78 is 4.24. The average molecular weight is 292 g/mol. The summed E-state index contributed by atoms with van der Waals surface area (Å²) in [5.74, 6) is 0.631.